The molecule has 1 saturated heterocycles. The van der Waals surface area contributed by atoms with E-state index in [0.717, 1.165) is 5.56 Å². The summed E-state index contributed by atoms with van der Waals surface area (Å²) in [5.74, 6) is -1.98. The van der Waals surface area contributed by atoms with E-state index in [4.69, 9.17) is 41.9 Å². The predicted molar refractivity (Wildman–Crippen MR) is 275 cm³/mol. The fraction of sp³-hybridized carbons (Fsp3) is 0.767. The van der Waals surface area contributed by atoms with E-state index < -0.39 is 60.1 Å². The third-order valence-corrected chi connectivity index (χ3v) is 17.9. The molecule has 0 aliphatic carbocycles. The first-order valence-corrected chi connectivity index (χ1v) is 31.5. The van der Waals surface area contributed by atoms with Crippen LogP contribution in [-0.2, 0) is 80.0 Å². The molecule has 0 saturated carbocycles. The van der Waals surface area contributed by atoms with Crippen molar-refractivity contribution in [3.8, 4) is 0 Å². The molecule has 29 heteroatoms. The highest BCUT2D eigenvalue weighted by molar-refractivity contribution is 7.54. The van der Waals surface area contributed by atoms with Gasteiger partial charge in [-0.2, -0.15) is 0 Å². The monoisotopic (exact) mass is 1110 g/mol. The fourth-order valence-corrected chi connectivity index (χ4v) is 13.0. The van der Waals surface area contributed by atoms with Crippen molar-refractivity contribution in [3.05, 3.63) is 29.8 Å². The Morgan fingerprint density at radius 3 is 1.06 bits per heavy atom. The Bertz CT molecular complexity index is 1940. The molecule has 416 valence electrons. The van der Waals surface area contributed by atoms with Crippen molar-refractivity contribution in [1.29, 1.82) is 0 Å². The Hall–Kier alpha value is -2.66. The number of carbonyl (C=O) groups is 4. The van der Waals surface area contributed by atoms with Crippen molar-refractivity contribution in [1.82, 2.24) is 40.9 Å². The van der Waals surface area contributed by atoms with Gasteiger partial charge in [-0.1, -0.05) is 12.1 Å². The molecule has 1 atom stereocenters. The number of carbonyl (C=O) groups excluding carboxylic acids is 4. The molecule has 0 bridgehead atoms. The number of anilines is 1. The van der Waals surface area contributed by atoms with E-state index in [2.05, 4.69) is 21.3 Å². The first-order chi connectivity index (χ1) is 34.2. The second-order valence-electron chi connectivity index (χ2n) is 16.2. The molecule has 2 rings (SSSR count). The predicted octanol–water partition coefficient (Wildman–Crippen LogP) is 3.76. The standard InChI is InChI=1S/C43H83N9O16P4/c1-9-61-69(57,62-10-2)33-45-40(53)29-49-21-22-50(30-41(54)46-34-70(58,63-11-3)64-12-4)25-26-52(32-43(56)48-36-72(60,67-15-7)68-16-8)39(27-37-17-19-38(44)20-18-37)28-51(24-23-49)31-42(55)47-35-71(59,65-13-5)66-14-6/h17-20,39H,9-16,21-36,44H2,1-8H3,(H,45,53)(H,46,54)(H,47,55)(H,48,56)/t39-/m0/s1. The van der Waals surface area contributed by atoms with Gasteiger partial charge in [0.1, 0.15) is 25.1 Å². The number of amides is 4. The molecule has 0 spiro atoms. The van der Waals surface area contributed by atoms with Crippen LogP contribution >= 0.6 is 30.4 Å². The van der Waals surface area contributed by atoms with Crippen LogP contribution in [-0.4, -0.2) is 199 Å². The lowest BCUT2D eigenvalue weighted by Gasteiger charge is -2.38. The van der Waals surface area contributed by atoms with Crippen LogP contribution in [0.2, 0.25) is 0 Å². The van der Waals surface area contributed by atoms with Crippen molar-refractivity contribution < 1.29 is 73.6 Å². The van der Waals surface area contributed by atoms with Gasteiger partial charge < -0.3 is 63.2 Å². The SMILES string of the molecule is CCOP(=O)(CNC(=O)CN1CCN(CC(=O)NCP(=O)(OCC)OCC)CCN(CC(=O)NCP(=O)(OCC)OCC)[C@@H](Cc2ccc(N)cc2)CN(CC(=O)NCP(=O)(OCC)OCC)CC1)OCC. The van der Waals surface area contributed by atoms with Gasteiger partial charge in [-0.15, -0.1) is 0 Å². The van der Waals surface area contributed by atoms with Crippen LogP contribution in [0.4, 0.5) is 5.69 Å². The minimum Gasteiger partial charge on any atom is -0.399 e. The van der Waals surface area contributed by atoms with Crippen LogP contribution in [0, 0.1) is 0 Å². The van der Waals surface area contributed by atoms with Crippen molar-refractivity contribution in [2.75, 3.05) is 156 Å². The minimum absolute atomic E-state index is 0.0887. The molecule has 0 radical (unpaired) electrons. The van der Waals surface area contributed by atoms with Crippen molar-refractivity contribution in [3.63, 3.8) is 0 Å². The topological polar surface area (TPSA) is 298 Å². The van der Waals surface area contributed by atoms with Gasteiger partial charge in [-0.25, -0.2) is 0 Å². The fourth-order valence-electron chi connectivity index (χ4n) is 7.38. The maximum Gasteiger partial charge on any atom is 0.349 e. The number of hydrogen-bond donors (Lipinski definition) is 5. The molecule has 1 aromatic rings. The van der Waals surface area contributed by atoms with E-state index in [1.54, 1.807) is 67.5 Å². The highest BCUT2D eigenvalue weighted by atomic mass is 31.2. The van der Waals surface area contributed by atoms with Crippen LogP contribution in [0.25, 0.3) is 0 Å². The van der Waals surface area contributed by atoms with Gasteiger partial charge in [-0.3, -0.25) is 57.0 Å². The third kappa shape index (κ3) is 26.2. The Kier molecular flexibility index (Phi) is 31.7. The van der Waals surface area contributed by atoms with Crippen molar-refractivity contribution in [2.45, 2.75) is 67.9 Å². The summed E-state index contributed by atoms with van der Waals surface area (Å²) in [6, 6.07) is 6.69. The number of nitrogens with one attached hydrogen (secondary N) is 4. The molecule has 0 unspecified atom stereocenters. The van der Waals surface area contributed by atoms with E-state index in [1.165, 1.54) is 0 Å². The quantitative estimate of drug-likeness (QED) is 0.0485. The molecule has 25 nitrogen and oxygen atoms in total. The zero-order valence-corrected chi connectivity index (χ0v) is 47.1. The summed E-state index contributed by atoms with van der Waals surface area (Å²) in [5, 5.41) is 10.8. The van der Waals surface area contributed by atoms with E-state index >= 15 is 0 Å². The average Bonchev–Trinajstić information content (AvgIpc) is 3.31. The molecule has 1 aliphatic heterocycles. The lowest BCUT2D eigenvalue weighted by atomic mass is 10.0. The van der Waals surface area contributed by atoms with Gasteiger partial charge in [-0.05, 0) is 79.5 Å². The second kappa shape index (κ2) is 34.8. The number of nitrogens with zero attached hydrogens (tertiary/aromatic N) is 4. The van der Waals surface area contributed by atoms with Crippen LogP contribution in [0.15, 0.2) is 24.3 Å². The van der Waals surface area contributed by atoms with Crippen LogP contribution in [0.1, 0.15) is 61.0 Å². The van der Waals surface area contributed by atoms with Crippen LogP contribution in [0.5, 0.6) is 0 Å². The summed E-state index contributed by atoms with van der Waals surface area (Å²) in [6.07, 6.45) is -1.17. The Balaban J connectivity index is 2.70. The van der Waals surface area contributed by atoms with Crippen LogP contribution in [0.3, 0.4) is 0 Å². The summed E-state index contributed by atoms with van der Waals surface area (Å²) < 4.78 is 96.4. The zero-order valence-electron chi connectivity index (χ0n) is 43.5. The molecule has 1 aromatic carbocycles. The maximum absolute atomic E-state index is 14.0. The van der Waals surface area contributed by atoms with Gasteiger partial charge in [0, 0.05) is 57.5 Å². The highest BCUT2D eigenvalue weighted by Gasteiger charge is 2.32. The van der Waals surface area contributed by atoms with Gasteiger partial charge in [0.15, 0.2) is 0 Å². The molecular weight excluding hydrogens is 1020 g/mol. The summed E-state index contributed by atoms with van der Waals surface area (Å²) in [7, 11) is -14.7. The zero-order chi connectivity index (χ0) is 53.6. The minimum atomic E-state index is -3.69. The molecule has 1 aliphatic rings. The molecule has 72 heavy (non-hydrogen) atoms. The number of hydrogen-bond acceptors (Lipinski definition) is 21. The number of nitrogens with two attached hydrogens (primary N) is 1. The number of nitrogen functional groups attached to an aromatic ring is 1. The molecule has 1 fully saturated rings. The normalized spacial score (nSPS) is 16.6. The lowest BCUT2D eigenvalue weighted by Crippen LogP contribution is -2.55. The molecule has 4 amide bonds. The number of rotatable bonds is 34. The van der Waals surface area contributed by atoms with Crippen molar-refractivity contribution >= 4 is 59.7 Å². The largest absolute Gasteiger partial charge is 0.399 e. The van der Waals surface area contributed by atoms with E-state index in [1.807, 2.05) is 31.7 Å². The van der Waals surface area contributed by atoms with Crippen molar-refractivity contribution in [2.24, 2.45) is 0 Å². The summed E-state index contributed by atoms with van der Waals surface area (Å²) in [5.41, 5.74) is 7.46. The van der Waals surface area contributed by atoms with Gasteiger partial charge in [0.25, 0.3) is 0 Å². The van der Waals surface area contributed by atoms with Gasteiger partial charge in [0.2, 0.25) is 23.6 Å². The summed E-state index contributed by atoms with van der Waals surface area (Å²) in [4.78, 5) is 62.5. The molecule has 6 N–H and O–H groups in total. The van der Waals surface area contributed by atoms with Crippen LogP contribution < -0.4 is 27.0 Å². The molecule has 1 heterocycles. The first-order valence-electron chi connectivity index (χ1n) is 24.6. The van der Waals surface area contributed by atoms with E-state index in [-0.39, 0.29) is 150 Å². The third-order valence-electron chi connectivity index (χ3n) is 10.5. The lowest BCUT2D eigenvalue weighted by molar-refractivity contribution is -0.125. The smallest absolute Gasteiger partial charge is 0.349 e. The van der Waals surface area contributed by atoms with Gasteiger partial charge >= 0.3 is 30.4 Å². The number of benzene rings is 1. The molecular formula is C43H83N9O16P4. The first kappa shape index (κ1) is 65.5. The highest BCUT2D eigenvalue weighted by Crippen LogP contribution is 2.48. The van der Waals surface area contributed by atoms with Gasteiger partial charge in [0.05, 0.1) is 79.0 Å². The average molecular weight is 1110 g/mol. The second-order valence-corrected chi connectivity index (χ2v) is 24.4. The maximum atomic E-state index is 14.0. The summed E-state index contributed by atoms with van der Waals surface area (Å²) >= 11 is 0. The van der Waals surface area contributed by atoms with E-state index in [9.17, 15) is 37.4 Å². The molecule has 0 aromatic heterocycles. The Morgan fingerprint density at radius 1 is 0.458 bits per heavy atom. The van der Waals surface area contributed by atoms with E-state index in [0.29, 0.717) is 12.1 Å². The summed E-state index contributed by atoms with van der Waals surface area (Å²) in [6.45, 7) is 14.5. The Morgan fingerprint density at radius 2 is 0.736 bits per heavy atom. The Labute approximate surface area is 426 Å².